The Kier molecular flexibility index (Phi) is 13.3. The number of hydrogen-bond acceptors (Lipinski definition) is 7. The smallest absolute Gasteiger partial charge is 0.417 e. The van der Waals surface area contributed by atoms with Gasteiger partial charge in [0.15, 0.2) is 6.23 Å². The van der Waals surface area contributed by atoms with Crippen molar-refractivity contribution < 1.29 is 27.6 Å². The minimum absolute atomic E-state index is 0.516. The fraction of sp³-hybridized carbons (Fsp3) is 0.158. The van der Waals surface area contributed by atoms with Gasteiger partial charge in [0.2, 0.25) is 0 Å². The molecule has 2 unspecified atom stereocenters. The zero-order valence-corrected chi connectivity index (χ0v) is 50.7. The molecule has 4 aliphatic heterocycles. The first-order chi connectivity index (χ1) is 42.6. The molecule has 12 aromatic carbocycles. The van der Waals surface area contributed by atoms with Gasteiger partial charge in [-0.2, -0.15) is 9.83 Å². The zero-order valence-electron chi connectivity index (χ0n) is 48.9. The van der Waals surface area contributed by atoms with Crippen LogP contribution in [-0.2, 0) is 9.47 Å². The van der Waals surface area contributed by atoms with Crippen molar-refractivity contribution in [2.45, 2.75) is 65.8 Å². The third-order valence-corrected chi connectivity index (χ3v) is 22.2. The van der Waals surface area contributed by atoms with Crippen LogP contribution in [0.4, 0.5) is 0 Å². The number of benzene rings is 12. The first-order valence-corrected chi connectivity index (χ1v) is 33.3. The van der Waals surface area contributed by atoms with Crippen LogP contribution in [0, 0.1) is 27.7 Å². The molecule has 0 amide bonds. The van der Waals surface area contributed by atoms with Gasteiger partial charge in [-0.15, -0.1) is 4.52 Å². The fourth-order valence-electron chi connectivity index (χ4n) is 13.0. The molecule has 4 aliphatic rings. The molecule has 0 aromatic heterocycles. The van der Waals surface area contributed by atoms with Crippen molar-refractivity contribution in [3.63, 3.8) is 0 Å². The van der Waals surface area contributed by atoms with Crippen molar-refractivity contribution in [1.29, 1.82) is 0 Å². The van der Waals surface area contributed by atoms with E-state index < -0.39 is 27.8 Å². The lowest BCUT2D eigenvalue weighted by Crippen LogP contribution is -2.30. The van der Waals surface area contributed by atoms with Gasteiger partial charge in [0, 0.05) is 57.7 Å². The van der Waals surface area contributed by atoms with Crippen LogP contribution in [0.25, 0.3) is 110 Å². The Bertz CT molecular complexity index is 4580. The predicted octanol–water partition coefficient (Wildman–Crippen LogP) is 21.5. The largest absolute Gasteiger partial charge is 0.452 e. The summed E-state index contributed by atoms with van der Waals surface area (Å²) in [6.07, 6.45) is 1.70. The van der Waals surface area contributed by atoms with E-state index in [1.54, 1.807) is 0 Å². The van der Waals surface area contributed by atoms with Gasteiger partial charge in [0.1, 0.15) is 29.2 Å². The van der Waals surface area contributed by atoms with Crippen molar-refractivity contribution in [2.75, 3.05) is 13.2 Å². The molecule has 87 heavy (non-hydrogen) atoms. The SMILES string of the molecule is Cc1ccc(-c2cc3ccccc3c3c2OP(=NC2CCCO2)(N=P2(NC4CCCO4)Oc4c(-c5ccc(C)cc5)cc5ccccc5c4-c4c(c(-c5ccc(C)cc5)cc5ccccc45)O2)Oc2c(-c4ccc(C)cc4)cc4ccccc4c2-3)cc1. The van der Waals surface area contributed by atoms with E-state index in [1.165, 1.54) is 0 Å². The fourth-order valence-corrected chi connectivity index (χ4v) is 18.3. The van der Waals surface area contributed by atoms with Crippen molar-refractivity contribution in [3.05, 3.63) is 241 Å². The summed E-state index contributed by atoms with van der Waals surface area (Å²) in [7, 11) is -8.56. The molecule has 4 heterocycles. The summed E-state index contributed by atoms with van der Waals surface area (Å²) in [5.41, 5.74) is 15.5. The van der Waals surface area contributed by atoms with E-state index in [4.69, 9.17) is 36.8 Å². The van der Waals surface area contributed by atoms with Gasteiger partial charge >= 0.3 is 15.3 Å². The summed E-state index contributed by atoms with van der Waals surface area (Å²) < 4.78 is 58.6. The van der Waals surface area contributed by atoms with Crippen LogP contribution < -0.4 is 23.2 Å². The van der Waals surface area contributed by atoms with Crippen molar-refractivity contribution in [2.24, 2.45) is 9.26 Å². The number of ether oxygens (including phenoxy) is 2. The minimum atomic E-state index is -4.33. The number of fused-ring (bicyclic) bond motifs is 14. The van der Waals surface area contributed by atoms with Crippen LogP contribution in [0.2, 0.25) is 0 Å². The first kappa shape index (κ1) is 53.7. The number of nitrogens with zero attached hydrogens (tertiary/aromatic N) is 2. The monoisotopic (exact) mass is 1180 g/mol. The molecular weight excluding hydrogens is 1110 g/mol. The third-order valence-electron chi connectivity index (χ3n) is 17.5. The molecule has 0 saturated carbocycles. The molecular formula is C76H63N3O6P2. The van der Waals surface area contributed by atoms with E-state index in [-0.39, 0.29) is 0 Å². The molecule has 12 aromatic rings. The highest BCUT2D eigenvalue weighted by Gasteiger charge is 2.47. The maximum Gasteiger partial charge on any atom is 0.452 e. The third kappa shape index (κ3) is 9.61. The molecule has 0 bridgehead atoms. The van der Waals surface area contributed by atoms with E-state index in [0.717, 1.165) is 145 Å². The van der Waals surface area contributed by atoms with E-state index in [1.807, 2.05) is 0 Å². The van der Waals surface area contributed by atoms with E-state index in [0.29, 0.717) is 49.1 Å². The summed E-state index contributed by atoms with van der Waals surface area (Å²) >= 11 is 0. The number of aryl methyl sites for hydroxylation is 4. The lowest BCUT2D eigenvalue weighted by Gasteiger charge is -2.31. The van der Waals surface area contributed by atoms with Crippen LogP contribution >= 0.6 is 15.3 Å². The Hall–Kier alpha value is -8.78. The molecule has 2 saturated heterocycles. The topological polar surface area (TPSA) is 92.1 Å². The summed E-state index contributed by atoms with van der Waals surface area (Å²) in [6, 6.07) is 78.1. The highest BCUT2D eigenvalue weighted by atomic mass is 31.2. The molecule has 16 rings (SSSR count). The second kappa shape index (κ2) is 21.6. The molecule has 2 fully saturated rings. The van der Waals surface area contributed by atoms with Gasteiger partial charge in [-0.25, -0.2) is 0 Å². The van der Waals surface area contributed by atoms with Gasteiger partial charge < -0.3 is 27.6 Å². The Morgan fingerprint density at radius 1 is 0.368 bits per heavy atom. The lowest BCUT2D eigenvalue weighted by atomic mass is 9.86. The maximum atomic E-state index is 8.28. The first-order valence-electron chi connectivity index (χ1n) is 30.2. The second-order valence-electron chi connectivity index (χ2n) is 23.5. The number of nitrogens with one attached hydrogen (secondary N) is 1. The van der Waals surface area contributed by atoms with Crippen LogP contribution in [-0.4, -0.2) is 25.7 Å². The summed E-state index contributed by atoms with van der Waals surface area (Å²) in [6.45, 7) is 9.53. The summed E-state index contributed by atoms with van der Waals surface area (Å²) in [5.74, 6) is 2.39. The standard InChI is InChI=1S/C76H63N3O6P2/c1-47-25-33-51(34-26-47)63-43-55-15-5-9-19-59(55)69-70-60-20-10-6-16-56(60)44-64(52-35-27-48(2)28-36-52)74(70)83-86(82-73(63)69,77-67-23-13-41-80-67)79-87(78-68-24-14-42-81-68)84-75-65(53-37-29-49(3)30-38-53)45-57-17-7-11-21-61(57)71(75)72-62-22-12-8-18-58(62)46-66(76(72)85-87)54-39-31-50(4)32-40-54/h5-12,15-22,25-40,43-46,67-68,77H,13-14,23-24,41-42H2,1-4H3. The van der Waals surface area contributed by atoms with Crippen molar-refractivity contribution in [3.8, 4) is 89.8 Å². The Morgan fingerprint density at radius 2 is 0.690 bits per heavy atom. The normalized spacial score (nSPS) is 17.2. The quantitative estimate of drug-likeness (QED) is 0.152. The van der Waals surface area contributed by atoms with Crippen LogP contribution in [0.15, 0.2) is 228 Å². The average molecular weight is 1180 g/mol. The Morgan fingerprint density at radius 3 is 1.01 bits per heavy atom. The van der Waals surface area contributed by atoms with Gasteiger partial charge in [0.05, 0.1) is 0 Å². The number of rotatable bonds is 8. The zero-order chi connectivity index (χ0) is 58.4. The lowest BCUT2D eigenvalue weighted by molar-refractivity contribution is 0.0994. The molecule has 11 heteroatoms. The van der Waals surface area contributed by atoms with E-state index in [2.05, 4.69) is 251 Å². The Labute approximate surface area is 507 Å². The van der Waals surface area contributed by atoms with E-state index in [9.17, 15) is 0 Å². The molecule has 2 atom stereocenters. The maximum absolute atomic E-state index is 8.28. The van der Waals surface area contributed by atoms with Crippen LogP contribution in [0.5, 0.6) is 23.0 Å². The highest BCUT2D eigenvalue weighted by molar-refractivity contribution is 7.67. The van der Waals surface area contributed by atoms with Gasteiger partial charge in [0.25, 0.3) is 0 Å². The van der Waals surface area contributed by atoms with Crippen LogP contribution in [0.3, 0.4) is 0 Å². The molecule has 428 valence electrons. The van der Waals surface area contributed by atoms with E-state index >= 15 is 0 Å². The second-order valence-corrected chi connectivity index (χ2v) is 27.5. The predicted molar refractivity (Wildman–Crippen MR) is 357 cm³/mol. The van der Waals surface area contributed by atoms with Gasteiger partial charge in [-0.1, -0.05) is 216 Å². The molecule has 1 N–H and O–H groups in total. The minimum Gasteiger partial charge on any atom is -0.417 e. The van der Waals surface area contributed by atoms with Crippen molar-refractivity contribution >= 4 is 58.4 Å². The molecule has 0 aliphatic carbocycles. The van der Waals surface area contributed by atoms with Gasteiger partial charge in [-0.05, 0) is 143 Å². The Balaban J connectivity index is 1.10. The number of hydrogen-bond donors (Lipinski definition) is 1. The van der Waals surface area contributed by atoms with Crippen LogP contribution in [0.1, 0.15) is 47.9 Å². The average Bonchev–Trinajstić information content (AvgIpc) is 1.76. The van der Waals surface area contributed by atoms with Crippen molar-refractivity contribution in [1.82, 2.24) is 5.09 Å². The highest BCUT2D eigenvalue weighted by Crippen LogP contribution is 2.72. The molecule has 0 spiro atoms. The van der Waals surface area contributed by atoms with Gasteiger partial charge in [-0.3, -0.25) is 0 Å². The summed E-state index contributed by atoms with van der Waals surface area (Å²) in [4.78, 5) is 0. The molecule has 9 nitrogen and oxygen atoms in total. The summed E-state index contributed by atoms with van der Waals surface area (Å²) in [5, 5.41) is 12.2. The molecule has 0 radical (unpaired) electrons.